The fraction of sp³-hybridized carbons (Fsp3) is 0.909. The van der Waals surface area contributed by atoms with E-state index in [9.17, 15) is 4.79 Å². The Labute approximate surface area is 90.5 Å². The minimum absolute atomic E-state index is 0.211. The lowest BCUT2D eigenvalue weighted by Gasteiger charge is -2.39. The first-order valence-corrected chi connectivity index (χ1v) is 5.87. The summed E-state index contributed by atoms with van der Waals surface area (Å²) < 4.78 is 10.8. The van der Waals surface area contributed by atoms with Crippen molar-refractivity contribution in [1.82, 2.24) is 4.90 Å². The summed E-state index contributed by atoms with van der Waals surface area (Å²) in [7, 11) is 0. The predicted octanol–water partition coefficient (Wildman–Crippen LogP) is 2.14. The monoisotopic (exact) mass is 213 g/mol. The van der Waals surface area contributed by atoms with Crippen molar-refractivity contribution in [3.05, 3.63) is 0 Å². The molecule has 1 saturated carbocycles. The topological polar surface area (TPSA) is 38.8 Å². The molecule has 1 aliphatic heterocycles. The maximum absolute atomic E-state index is 11.7. The van der Waals surface area contributed by atoms with Gasteiger partial charge >= 0.3 is 6.09 Å². The van der Waals surface area contributed by atoms with Crippen molar-refractivity contribution in [2.45, 2.75) is 44.8 Å². The molecular weight excluding hydrogens is 194 g/mol. The molecule has 4 nitrogen and oxygen atoms in total. The van der Waals surface area contributed by atoms with E-state index in [0.29, 0.717) is 19.8 Å². The summed E-state index contributed by atoms with van der Waals surface area (Å²) in [4.78, 5) is 13.5. The first-order valence-electron chi connectivity index (χ1n) is 5.87. The molecule has 86 valence electrons. The fourth-order valence-corrected chi connectivity index (χ4v) is 2.59. The van der Waals surface area contributed by atoms with Crippen molar-refractivity contribution in [3.8, 4) is 0 Å². The molecule has 0 aromatic carbocycles. The van der Waals surface area contributed by atoms with E-state index in [0.717, 1.165) is 25.7 Å². The highest BCUT2D eigenvalue weighted by Crippen LogP contribution is 2.38. The zero-order valence-corrected chi connectivity index (χ0v) is 9.33. The molecule has 0 aromatic heterocycles. The average Bonchev–Trinajstić information content (AvgIpc) is 2.63. The van der Waals surface area contributed by atoms with Crippen LogP contribution in [-0.2, 0) is 9.47 Å². The summed E-state index contributed by atoms with van der Waals surface area (Å²) in [5.74, 6) is 0. The lowest BCUT2D eigenvalue weighted by Crippen LogP contribution is -2.49. The van der Waals surface area contributed by atoms with Gasteiger partial charge in [-0.05, 0) is 32.6 Å². The first-order chi connectivity index (χ1) is 7.28. The Morgan fingerprint density at radius 3 is 2.80 bits per heavy atom. The van der Waals surface area contributed by atoms with Gasteiger partial charge in [-0.3, -0.25) is 4.90 Å². The van der Waals surface area contributed by atoms with Gasteiger partial charge < -0.3 is 9.47 Å². The normalized spacial score (nSPS) is 24.5. The first kappa shape index (κ1) is 10.7. The average molecular weight is 213 g/mol. The van der Waals surface area contributed by atoms with Gasteiger partial charge in [0.15, 0.2) is 0 Å². The number of rotatable bonds is 1. The third-order valence-corrected chi connectivity index (χ3v) is 3.30. The molecule has 1 aliphatic carbocycles. The summed E-state index contributed by atoms with van der Waals surface area (Å²) in [6.45, 7) is 3.60. The van der Waals surface area contributed by atoms with E-state index in [-0.39, 0.29) is 11.8 Å². The van der Waals surface area contributed by atoms with Crippen LogP contribution < -0.4 is 0 Å². The Morgan fingerprint density at radius 2 is 2.13 bits per heavy atom. The fourth-order valence-electron chi connectivity index (χ4n) is 2.59. The molecule has 1 saturated heterocycles. The molecule has 2 fully saturated rings. The number of ether oxygens (including phenoxy) is 2. The molecule has 2 aliphatic rings. The summed E-state index contributed by atoms with van der Waals surface area (Å²) in [5.41, 5.74) is -0.329. The molecule has 0 N–H and O–H groups in total. The van der Waals surface area contributed by atoms with Crippen LogP contribution in [0.2, 0.25) is 0 Å². The third-order valence-electron chi connectivity index (χ3n) is 3.30. The molecule has 0 unspecified atom stereocenters. The van der Waals surface area contributed by atoms with Gasteiger partial charge in [0, 0.05) is 0 Å². The van der Waals surface area contributed by atoms with Crippen LogP contribution in [0.15, 0.2) is 0 Å². The molecule has 0 atom stereocenters. The van der Waals surface area contributed by atoms with E-state index in [2.05, 4.69) is 0 Å². The Kier molecular flexibility index (Phi) is 3.14. The van der Waals surface area contributed by atoms with E-state index in [1.165, 1.54) is 6.42 Å². The highest BCUT2D eigenvalue weighted by atomic mass is 16.6. The number of carbonyl (C=O) groups excluding carboxylic acids is 1. The lowest BCUT2D eigenvalue weighted by molar-refractivity contribution is -0.0978. The zero-order chi connectivity index (χ0) is 10.7. The summed E-state index contributed by atoms with van der Waals surface area (Å²) in [6.07, 6.45) is 5.27. The molecule has 0 aromatic rings. The highest BCUT2D eigenvalue weighted by Gasteiger charge is 2.46. The van der Waals surface area contributed by atoms with E-state index in [1.54, 1.807) is 4.90 Å². The van der Waals surface area contributed by atoms with Gasteiger partial charge in [-0.15, -0.1) is 0 Å². The maximum Gasteiger partial charge on any atom is 0.412 e. The van der Waals surface area contributed by atoms with Crippen LogP contribution in [0, 0.1) is 0 Å². The van der Waals surface area contributed by atoms with E-state index >= 15 is 0 Å². The predicted molar refractivity (Wildman–Crippen MR) is 55.5 cm³/mol. The number of amides is 1. The summed E-state index contributed by atoms with van der Waals surface area (Å²) in [6, 6.07) is 0. The van der Waals surface area contributed by atoms with Gasteiger partial charge in [0.2, 0.25) is 0 Å². The van der Waals surface area contributed by atoms with E-state index < -0.39 is 0 Å². The van der Waals surface area contributed by atoms with Crippen LogP contribution in [0.1, 0.15) is 39.0 Å². The second-order valence-electron chi connectivity index (χ2n) is 4.21. The zero-order valence-electron chi connectivity index (χ0n) is 9.33. The SMILES string of the molecule is CCOC(=O)N1CCOC12CCCCC2. The smallest absolute Gasteiger partial charge is 0.412 e. The summed E-state index contributed by atoms with van der Waals surface area (Å²) >= 11 is 0. The van der Waals surface area contributed by atoms with Crippen LogP contribution in [0.4, 0.5) is 4.79 Å². The van der Waals surface area contributed by atoms with Crippen molar-refractivity contribution >= 4 is 6.09 Å². The van der Waals surface area contributed by atoms with E-state index in [1.807, 2.05) is 6.92 Å². The maximum atomic E-state index is 11.7. The van der Waals surface area contributed by atoms with Gasteiger partial charge in [-0.1, -0.05) is 6.42 Å². The van der Waals surface area contributed by atoms with Crippen LogP contribution in [0.5, 0.6) is 0 Å². The molecule has 2 rings (SSSR count). The Balaban J connectivity index is 2.06. The second-order valence-corrected chi connectivity index (χ2v) is 4.21. The summed E-state index contributed by atoms with van der Waals surface area (Å²) in [5, 5.41) is 0. The lowest BCUT2D eigenvalue weighted by atomic mass is 9.91. The minimum atomic E-state index is -0.329. The number of hydrogen-bond acceptors (Lipinski definition) is 3. The van der Waals surface area contributed by atoms with Crippen LogP contribution in [0.25, 0.3) is 0 Å². The van der Waals surface area contributed by atoms with Crippen LogP contribution in [-0.4, -0.2) is 36.5 Å². The molecule has 0 bridgehead atoms. The number of hydrogen-bond donors (Lipinski definition) is 0. The van der Waals surface area contributed by atoms with Crippen molar-refractivity contribution in [2.24, 2.45) is 0 Å². The minimum Gasteiger partial charge on any atom is -0.450 e. The molecule has 15 heavy (non-hydrogen) atoms. The Hall–Kier alpha value is -0.770. The highest BCUT2D eigenvalue weighted by molar-refractivity contribution is 5.68. The van der Waals surface area contributed by atoms with Crippen LogP contribution >= 0.6 is 0 Å². The van der Waals surface area contributed by atoms with Crippen molar-refractivity contribution < 1.29 is 14.3 Å². The van der Waals surface area contributed by atoms with Gasteiger partial charge in [0.1, 0.15) is 5.72 Å². The number of carbonyl (C=O) groups is 1. The van der Waals surface area contributed by atoms with Gasteiger partial charge in [-0.2, -0.15) is 0 Å². The molecule has 1 heterocycles. The van der Waals surface area contributed by atoms with Crippen LogP contribution in [0.3, 0.4) is 0 Å². The van der Waals surface area contributed by atoms with Gasteiger partial charge in [0.25, 0.3) is 0 Å². The number of nitrogens with zero attached hydrogens (tertiary/aromatic N) is 1. The standard InChI is InChI=1S/C11H19NO3/c1-2-14-10(13)12-8-9-15-11(12)6-4-3-5-7-11/h2-9H2,1H3. The quantitative estimate of drug-likeness (QED) is 0.669. The van der Waals surface area contributed by atoms with Gasteiger partial charge in [0.05, 0.1) is 19.8 Å². The van der Waals surface area contributed by atoms with Crippen molar-refractivity contribution in [3.63, 3.8) is 0 Å². The van der Waals surface area contributed by atoms with Crippen molar-refractivity contribution in [1.29, 1.82) is 0 Å². The van der Waals surface area contributed by atoms with E-state index in [4.69, 9.17) is 9.47 Å². The Morgan fingerprint density at radius 1 is 1.40 bits per heavy atom. The third kappa shape index (κ3) is 1.95. The second kappa shape index (κ2) is 4.39. The molecule has 1 spiro atoms. The molecule has 4 heteroatoms. The van der Waals surface area contributed by atoms with Gasteiger partial charge in [-0.25, -0.2) is 4.79 Å². The molecule has 1 amide bonds. The van der Waals surface area contributed by atoms with Crippen molar-refractivity contribution in [2.75, 3.05) is 19.8 Å². The Bertz CT molecular complexity index is 236. The molecular formula is C11H19NO3. The largest absolute Gasteiger partial charge is 0.450 e. The molecule has 0 radical (unpaired) electrons.